The van der Waals surface area contributed by atoms with Crippen LogP contribution in [0, 0.1) is 13.8 Å². The van der Waals surface area contributed by atoms with Gasteiger partial charge in [-0.2, -0.15) is 5.10 Å². The fourth-order valence-electron chi connectivity index (χ4n) is 2.19. The normalized spacial score (nSPS) is 11.1. The van der Waals surface area contributed by atoms with Gasteiger partial charge in [-0.3, -0.25) is 5.10 Å². The van der Waals surface area contributed by atoms with Crippen molar-refractivity contribution in [1.29, 1.82) is 0 Å². The van der Waals surface area contributed by atoms with Gasteiger partial charge in [0.25, 0.3) is 0 Å². The molecular formula is C14H18N2. The summed E-state index contributed by atoms with van der Waals surface area (Å²) in [5, 5.41) is 7.54. The summed E-state index contributed by atoms with van der Waals surface area (Å²) in [6.45, 7) is 8.63. The zero-order valence-electron chi connectivity index (χ0n) is 10.3. The van der Waals surface area contributed by atoms with Crippen molar-refractivity contribution in [3.8, 4) is 11.3 Å². The van der Waals surface area contributed by atoms with Crippen LogP contribution in [-0.4, -0.2) is 10.2 Å². The van der Waals surface area contributed by atoms with Crippen molar-refractivity contribution in [2.75, 3.05) is 0 Å². The second kappa shape index (κ2) is 4.12. The van der Waals surface area contributed by atoms with Crippen LogP contribution in [0.3, 0.4) is 0 Å². The molecular weight excluding hydrogens is 196 g/mol. The fraction of sp³-hybridized carbons (Fsp3) is 0.357. The van der Waals surface area contributed by atoms with E-state index in [-0.39, 0.29) is 0 Å². The molecule has 0 aliphatic heterocycles. The molecule has 0 bridgehead atoms. The third kappa shape index (κ3) is 1.75. The Morgan fingerprint density at radius 3 is 2.44 bits per heavy atom. The van der Waals surface area contributed by atoms with E-state index in [1.165, 1.54) is 22.4 Å². The maximum atomic E-state index is 4.44. The topological polar surface area (TPSA) is 28.7 Å². The Labute approximate surface area is 96.7 Å². The van der Waals surface area contributed by atoms with Crippen LogP contribution in [0.5, 0.6) is 0 Å². The lowest BCUT2D eigenvalue weighted by molar-refractivity contribution is 0.858. The first-order chi connectivity index (χ1) is 7.61. The monoisotopic (exact) mass is 214 g/mol. The number of hydrogen-bond donors (Lipinski definition) is 1. The molecule has 0 aliphatic rings. The van der Waals surface area contributed by atoms with Gasteiger partial charge >= 0.3 is 0 Å². The van der Waals surface area contributed by atoms with E-state index in [4.69, 9.17) is 0 Å². The number of hydrogen-bond acceptors (Lipinski definition) is 1. The fourth-order valence-corrected chi connectivity index (χ4v) is 2.19. The Bertz CT molecular complexity index is 495. The standard InChI is InChI=1S/C14H18N2/c1-9(2)13-11(4)15-16-14(13)12-8-6-5-7-10(12)3/h5-9H,1-4H3,(H,15,16). The number of aromatic nitrogens is 2. The Balaban J connectivity index is 2.61. The smallest absolute Gasteiger partial charge is 0.0960 e. The molecule has 0 saturated carbocycles. The third-order valence-corrected chi connectivity index (χ3v) is 2.97. The van der Waals surface area contributed by atoms with Crippen molar-refractivity contribution in [3.05, 3.63) is 41.1 Å². The second-order valence-corrected chi connectivity index (χ2v) is 4.58. The molecule has 2 nitrogen and oxygen atoms in total. The average Bonchev–Trinajstić information content (AvgIpc) is 2.61. The van der Waals surface area contributed by atoms with Gasteiger partial charge < -0.3 is 0 Å². The summed E-state index contributed by atoms with van der Waals surface area (Å²) in [6, 6.07) is 8.39. The summed E-state index contributed by atoms with van der Waals surface area (Å²) in [6.07, 6.45) is 0. The van der Waals surface area contributed by atoms with Crippen molar-refractivity contribution in [2.24, 2.45) is 0 Å². The first-order valence-electron chi connectivity index (χ1n) is 5.72. The summed E-state index contributed by atoms with van der Waals surface area (Å²) in [5.41, 5.74) is 6.11. The maximum absolute atomic E-state index is 4.44. The predicted octanol–water partition coefficient (Wildman–Crippen LogP) is 3.82. The largest absolute Gasteiger partial charge is 0.282 e. The van der Waals surface area contributed by atoms with Crippen LogP contribution in [0.25, 0.3) is 11.3 Å². The Morgan fingerprint density at radius 1 is 1.12 bits per heavy atom. The van der Waals surface area contributed by atoms with Gasteiger partial charge in [0.1, 0.15) is 0 Å². The zero-order chi connectivity index (χ0) is 11.7. The van der Waals surface area contributed by atoms with E-state index in [1.807, 2.05) is 0 Å². The molecule has 0 saturated heterocycles. The van der Waals surface area contributed by atoms with Crippen LogP contribution in [-0.2, 0) is 0 Å². The van der Waals surface area contributed by atoms with E-state index >= 15 is 0 Å². The molecule has 0 fully saturated rings. The van der Waals surface area contributed by atoms with Crippen molar-refractivity contribution in [1.82, 2.24) is 10.2 Å². The van der Waals surface area contributed by atoms with Crippen molar-refractivity contribution >= 4 is 0 Å². The third-order valence-electron chi connectivity index (χ3n) is 2.97. The van der Waals surface area contributed by atoms with E-state index in [2.05, 4.69) is 62.2 Å². The zero-order valence-corrected chi connectivity index (χ0v) is 10.3. The summed E-state index contributed by atoms with van der Waals surface area (Å²) in [5.74, 6) is 0.494. The molecule has 1 aromatic carbocycles. The lowest BCUT2D eigenvalue weighted by Gasteiger charge is -2.09. The first kappa shape index (κ1) is 10.9. The Kier molecular flexibility index (Phi) is 2.82. The minimum Gasteiger partial charge on any atom is -0.282 e. The summed E-state index contributed by atoms with van der Waals surface area (Å²) < 4.78 is 0. The van der Waals surface area contributed by atoms with Gasteiger partial charge in [0.05, 0.1) is 5.69 Å². The van der Waals surface area contributed by atoms with E-state index in [0.29, 0.717) is 5.92 Å². The first-order valence-corrected chi connectivity index (χ1v) is 5.72. The quantitative estimate of drug-likeness (QED) is 0.809. The van der Waals surface area contributed by atoms with Gasteiger partial charge in [-0.15, -0.1) is 0 Å². The minimum atomic E-state index is 0.494. The molecule has 16 heavy (non-hydrogen) atoms. The van der Waals surface area contributed by atoms with Crippen LogP contribution in [0.15, 0.2) is 24.3 Å². The number of benzene rings is 1. The Hall–Kier alpha value is -1.57. The van der Waals surface area contributed by atoms with Gasteiger partial charge in [0.15, 0.2) is 0 Å². The molecule has 2 heteroatoms. The highest BCUT2D eigenvalue weighted by Crippen LogP contribution is 2.31. The molecule has 0 amide bonds. The molecule has 0 unspecified atom stereocenters. The van der Waals surface area contributed by atoms with Crippen molar-refractivity contribution in [2.45, 2.75) is 33.6 Å². The predicted molar refractivity (Wildman–Crippen MR) is 67.6 cm³/mol. The summed E-state index contributed by atoms with van der Waals surface area (Å²) >= 11 is 0. The van der Waals surface area contributed by atoms with E-state index in [0.717, 1.165) is 5.69 Å². The molecule has 84 valence electrons. The van der Waals surface area contributed by atoms with Gasteiger partial charge in [0, 0.05) is 16.8 Å². The number of rotatable bonds is 2. The van der Waals surface area contributed by atoms with Gasteiger partial charge in [-0.05, 0) is 25.3 Å². The molecule has 1 heterocycles. The van der Waals surface area contributed by atoms with Crippen LogP contribution >= 0.6 is 0 Å². The second-order valence-electron chi connectivity index (χ2n) is 4.58. The minimum absolute atomic E-state index is 0.494. The molecule has 1 N–H and O–H groups in total. The molecule has 2 rings (SSSR count). The van der Waals surface area contributed by atoms with E-state index in [9.17, 15) is 0 Å². The van der Waals surface area contributed by atoms with Crippen molar-refractivity contribution in [3.63, 3.8) is 0 Å². The van der Waals surface area contributed by atoms with Crippen LogP contribution in [0.1, 0.15) is 36.6 Å². The molecule has 1 aromatic heterocycles. The van der Waals surface area contributed by atoms with E-state index in [1.54, 1.807) is 0 Å². The number of aryl methyl sites for hydroxylation is 2. The number of aromatic amines is 1. The van der Waals surface area contributed by atoms with Crippen molar-refractivity contribution < 1.29 is 0 Å². The Morgan fingerprint density at radius 2 is 1.81 bits per heavy atom. The molecule has 2 aromatic rings. The van der Waals surface area contributed by atoms with Crippen LogP contribution < -0.4 is 0 Å². The summed E-state index contributed by atoms with van der Waals surface area (Å²) in [4.78, 5) is 0. The van der Waals surface area contributed by atoms with Gasteiger partial charge in [-0.25, -0.2) is 0 Å². The molecule has 0 aliphatic carbocycles. The lowest BCUT2D eigenvalue weighted by Crippen LogP contribution is -1.93. The maximum Gasteiger partial charge on any atom is 0.0960 e. The highest BCUT2D eigenvalue weighted by atomic mass is 15.1. The number of nitrogens with one attached hydrogen (secondary N) is 1. The average molecular weight is 214 g/mol. The molecule has 0 radical (unpaired) electrons. The molecule has 0 spiro atoms. The van der Waals surface area contributed by atoms with Crippen LogP contribution in [0.4, 0.5) is 0 Å². The van der Waals surface area contributed by atoms with Gasteiger partial charge in [-0.1, -0.05) is 38.1 Å². The lowest BCUT2D eigenvalue weighted by atomic mass is 9.95. The van der Waals surface area contributed by atoms with Crippen LogP contribution in [0.2, 0.25) is 0 Å². The summed E-state index contributed by atoms with van der Waals surface area (Å²) in [7, 11) is 0. The highest BCUT2D eigenvalue weighted by molar-refractivity contribution is 5.67. The van der Waals surface area contributed by atoms with E-state index < -0.39 is 0 Å². The number of nitrogens with zero attached hydrogens (tertiary/aromatic N) is 1. The SMILES string of the molecule is Cc1ccccc1-c1n[nH]c(C)c1C(C)C. The van der Waals surface area contributed by atoms with Gasteiger partial charge in [0.2, 0.25) is 0 Å². The number of H-pyrrole nitrogens is 1. The highest BCUT2D eigenvalue weighted by Gasteiger charge is 2.15. The molecule has 0 atom stereocenters.